The van der Waals surface area contributed by atoms with Gasteiger partial charge in [-0.1, -0.05) is 35.4 Å². The van der Waals surface area contributed by atoms with E-state index >= 15 is 0 Å². The van der Waals surface area contributed by atoms with E-state index in [1.807, 2.05) is 4.90 Å². The molecule has 2 atom stereocenters. The summed E-state index contributed by atoms with van der Waals surface area (Å²) in [6, 6.07) is 5.68. The first-order chi connectivity index (χ1) is 8.66. The van der Waals surface area contributed by atoms with E-state index in [-0.39, 0.29) is 11.9 Å². The molecule has 18 heavy (non-hydrogen) atoms. The molecular formula is C14H13Cl2NO. The van der Waals surface area contributed by atoms with Crippen LogP contribution in [0.15, 0.2) is 30.4 Å². The summed E-state index contributed by atoms with van der Waals surface area (Å²) in [7, 11) is 0. The van der Waals surface area contributed by atoms with Crippen LogP contribution < -0.4 is 0 Å². The number of hydrogen-bond donors (Lipinski definition) is 0. The first-order valence-corrected chi connectivity index (χ1v) is 6.87. The van der Waals surface area contributed by atoms with Gasteiger partial charge in [0.15, 0.2) is 0 Å². The lowest BCUT2D eigenvalue weighted by Gasteiger charge is -2.31. The molecule has 1 saturated heterocycles. The molecule has 94 valence electrons. The van der Waals surface area contributed by atoms with Crippen LogP contribution in [0.25, 0.3) is 0 Å². The van der Waals surface area contributed by atoms with Crippen molar-refractivity contribution in [2.75, 3.05) is 0 Å². The van der Waals surface area contributed by atoms with Gasteiger partial charge in [-0.3, -0.25) is 4.79 Å². The molecule has 4 heteroatoms. The molecular weight excluding hydrogens is 269 g/mol. The highest BCUT2D eigenvalue weighted by molar-refractivity contribution is 6.42. The smallest absolute Gasteiger partial charge is 0.254 e. The molecule has 1 aromatic rings. The fourth-order valence-electron chi connectivity index (χ4n) is 2.82. The number of hydrogen-bond acceptors (Lipinski definition) is 1. The monoisotopic (exact) mass is 281 g/mol. The van der Waals surface area contributed by atoms with Crippen LogP contribution in [0.5, 0.6) is 0 Å². The maximum absolute atomic E-state index is 12.5. The van der Waals surface area contributed by atoms with Crippen molar-refractivity contribution >= 4 is 29.1 Å². The predicted octanol–water partition coefficient (Wildman–Crippen LogP) is 3.93. The van der Waals surface area contributed by atoms with Crippen LogP contribution in [0.1, 0.15) is 29.6 Å². The lowest BCUT2D eigenvalue weighted by atomic mass is 10.1. The highest BCUT2D eigenvalue weighted by atomic mass is 35.5. The second kappa shape index (κ2) is 4.60. The first-order valence-electron chi connectivity index (χ1n) is 6.11. The van der Waals surface area contributed by atoms with Crippen LogP contribution >= 0.6 is 23.2 Å². The molecule has 1 amide bonds. The third-order valence-corrected chi connectivity index (χ3v) is 4.45. The maximum atomic E-state index is 12.5. The zero-order valence-electron chi connectivity index (χ0n) is 9.77. The van der Waals surface area contributed by atoms with Gasteiger partial charge >= 0.3 is 0 Å². The van der Waals surface area contributed by atoms with E-state index in [0.717, 1.165) is 19.3 Å². The minimum Gasteiger partial charge on any atom is -0.329 e. The Morgan fingerprint density at radius 3 is 2.78 bits per heavy atom. The van der Waals surface area contributed by atoms with Gasteiger partial charge in [0.1, 0.15) is 0 Å². The van der Waals surface area contributed by atoms with Crippen molar-refractivity contribution in [3.05, 3.63) is 46.0 Å². The molecule has 2 nitrogen and oxygen atoms in total. The standard InChI is InChI=1S/C14H13Cl2NO/c15-12-7-4-9(8-13(12)16)14(18)17-10-2-1-3-11(17)6-5-10/h1-2,4,7-8,10-11H,3,5-6H2. The van der Waals surface area contributed by atoms with Crippen LogP contribution in [0.3, 0.4) is 0 Å². The maximum Gasteiger partial charge on any atom is 0.254 e. The fourth-order valence-corrected chi connectivity index (χ4v) is 3.12. The number of benzene rings is 1. The zero-order valence-corrected chi connectivity index (χ0v) is 11.3. The van der Waals surface area contributed by atoms with Crippen LogP contribution in [-0.2, 0) is 0 Å². The summed E-state index contributed by atoms with van der Waals surface area (Å²) in [5, 5.41) is 0.914. The normalized spacial score (nSPS) is 25.6. The van der Waals surface area contributed by atoms with Crippen molar-refractivity contribution in [2.45, 2.75) is 31.3 Å². The number of nitrogens with zero attached hydrogens (tertiary/aromatic N) is 1. The summed E-state index contributed by atoms with van der Waals surface area (Å²) < 4.78 is 0. The summed E-state index contributed by atoms with van der Waals surface area (Å²) >= 11 is 11.8. The van der Waals surface area contributed by atoms with Gasteiger partial charge in [0, 0.05) is 11.6 Å². The largest absolute Gasteiger partial charge is 0.329 e. The van der Waals surface area contributed by atoms with E-state index in [0.29, 0.717) is 21.7 Å². The van der Waals surface area contributed by atoms with Crippen LogP contribution in [0, 0.1) is 0 Å². The molecule has 2 unspecified atom stereocenters. The van der Waals surface area contributed by atoms with Gasteiger partial charge in [-0.25, -0.2) is 0 Å². The zero-order chi connectivity index (χ0) is 12.7. The number of halogens is 2. The second-order valence-corrected chi connectivity index (χ2v) is 5.62. The predicted molar refractivity (Wildman–Crippen MR) is 73.2 cm³/mol. The first kappa shape index (κ1) is 12.1. The lowest BCUT2D eigenvalue weighted by molar-refractivity contribution is 0.0689. The Morgan fingerprint density at radius 1 is 1.22 bits per heavy atom. The second-order valence-electron chi connectivity index (χ2n) is 4.80. The Balaban J connectivity index is 1.91. The van der Waals surface area contributed by atoms with Crippen molar-refractivity contribution in [3.63, 3.8) is 0 Å². The van der Waals surface area contributed by atoms with Crippen molar-refractivity contribution < 1.29 is 4.79 Å². The van der Waals surface area contributed by atoms with Gasteiger partial charge in [-0.15, -0.1) is 0 Å². The average molecular weight is 282 g/mol. The molecule has 0 radical (unpaired) electrons. The van der Waals surface area contributed by atoms with Gasteiger partial charge in [-0.2, -0.15) is 0 Å². The molecule has 2 aliphatic rings. The Labute approximate surface area is 116 Å². The molecule has 1 fully saturated rings. The van der Waals surface area contributed by atoms with Gasteiger partial charge in [0.2, 0.25) is 0 Å². The fraction of sp³-hybridized carbons (Fsp3) is 0.357. The molecule has 0 saturated carbocycles. The van der Waals surface area contributed by atoms with Gasteiger partial charge in [0.25, 0.3) is 5.91 Å². The van der Waals surface area contributed by atoms with Crippen molar-refractivity contribution in [1.82, 2.24) is 4.90 Å². The average Bonchev–Trinajstić information content (AvgIpc) is 2.61. The summed E-state index contributed by atoms with van der Waals surface area (Å²) in [6.45, 7) is 0. The summed E-state index contributed by atoms with van der Waals surface area (Å²) in [5.74, 6) is 0.0606. The SMILES string of the molecule is O=C(c1ccc(Cl)c(Cl)c1)N1C2C=CCC1CC2. The molecule has 0 N–H and O–H groups in total. The van der Waals surface area contributed by atoms with Gasteiger partial charge in [-0.05, 0) is 37.5 Å². The van der Waals surface area contributed by atoms with Crippen LogP contribution in [0.4, 0.5) is 0 Å². The third kappa shape index (κ3) is 1.94. The summed E-state index contributed by atoms with van der Waals surface area (Å²) in [5.41, 5.74) is 0.622. The van der Waals surface area contributed by atoms with Crippen molar-refractivity contribution in [2.24, 2.45) is 0 Å². The highest BCUT2D eigenvalue weighted by Crippen LogP contribution is 2.33. The Kier molecular flexibility index (Phi) is 3.08. The van der Waals surface area contributed by atoms with E-state index < -0.39 is 0 Å². The van der Waals surface area contributed by atoms with Crippen LogP contribution in [-0.4, -0.2) is 22.9 Å². The third-order valence-electron chi connectivity index (χ3n) is 3.71. The number of carbonyl (C=O) groups excluding carboxylic acids is 1. The molecule has 0 aliphatic carbocycles. The Bertz CT molecular complexity index is 527. The quantitative estimate of drug-likeness (QED) is 0.715. The topological polar surface area (TPSA) is 20.3 Å². The molecule has 0 spiro atoms. The summed E-state index contributed by atoms with van der Waals surface area (Å²) in [4.78, 5) is 14.5. The Morgan fingerprint density at radius 2 is 2.06 bits per heavy atom. The van der Waals surface area contributed by atoms with E-state index in [1.165, 1.54) is 0 Å². The number of fused-ring (bicyclic) bond motifs is 2. The van der Waals surface area contributed by atoms with Gasteiger partial charge in [0.05, 0.1) is 16.1 Å². The molecule has 0 aromatic heterocycles. The van der Waals surface area contributed by atoms with E-state index in [1.54, 1.807) is 18.2 Å². The minimum atomic E-state index is 0.0606. The van der Waals surface area contributed by atoms with Crippen molar-refractivity contribution in [1.29, 1.82) is 0 Å². The van der Waals surface area contributed by atoms with E-state index in [2.05, 4.69) is 12.2 Å². The number of carbonyl (C=O) groups is 1. The Hall–Kier alpha value is -0.990. The van der Waals surface area contributed by atoms with Crippen molar-refractivity contribution in [3.8, 4) is 0 Å². The molecule has 2 aliphatic heterocycles. The van der Waals surface area contributed by atoms with Crippen LogP contribution in [0.2, 0.25) is 10.0 Å². The molecule has 1 aromatic carbocycles. The molecule has 2 heterocycles. The summed E-state index contributed by atoms with van der Waals surface area (Å²) in [6.07, 6.45) is 7.43. The van der Waals surface area contributed by atoms with E-state index in [9.17, 15) is 4.79 Å². The highest BCUT2D eigenvalue weighted by Gasteiger charge is 2.37. The molecule has 3 rings (SSSR count). The molecule has 2 bridgehead atoms. The number of amides is 1. The number of rotatable bonds is 1. The van der Waals surface area contributed by atoms with Gasteiger partial charge < -0.3 is 4.90 Å². The lowest BCUT2D eigenvalue weighted by Crippen LogP contribution is -2.42. The van der Waals surface area contributed by atoms with E-state index in [4.69, 9.17) is 23.2 Å². The minimum absolute atomic E-state index is 0.0606.